The van der Waals surface area contributed by atoms with Crippen LogP contribution in [0.4, 0.5) is 20.2 Å². The average Bonchev–Trinajstić information content (AvgIpc) is 2.34. The second-order valence-corrected chi connectivity index (χ2v) is 5.43. The molecule has 0 saturated heterocycles. The van der Waals surface area contributed by atoms with Crippen LogP contribution in [0.2, 0.25) is 0 Å². The van der Waals surface area contributed by atoms with Crippen molar-refractivity contribution in [2.75, 3.05) is 10.5 Å². The molecule has 0 radical (unpaired) electrons. The van der Waals surface area contributed by atoms with E-state index in [1.54, 1.807) is 0 Å². The van der Waals surface area contributed by atoms with E-state index in [9.17, 15) is 17.2 Å². The number of nitrogen functional groups attached to an aromatic ring is 1. The van der Waals surface area contributed by atoms with Crippen molar-refractivity contribution in [3.8, 4) is 0 Å². The normalized spacial score (nSPS) is 11.3. The lowest BCUT2D eigenvalue weighted by Gasteiger charge is -2.10. The molecule has 3 N–H and O–H groups in total. The van der Waals surface area contributed by atoms with Crippen molar-refractivity contribution in [2.24, 2.45) is 0 Å². The first-order chi connectivity index (χ1) is 8.90. The van der Waals surface area contributed by atoms with Crippen LogP contribution in [-0.4, -0.2) is 8.42 Å². The lowest BCUT2D eigenvalue weighted by atomic mass is 10.3. The van der Waals surface area contributed by atoms with Crippen molar-refractivity contribution >= 4 is 21.4 Å². The van der Waals surface area contributed by atoms with Gasteiger partial charge in [-0.2, -0.15) is 0 Å². The van der Waals surface area contributed by atoms with E-state index in [-0.39, 0.29) is 11.4 Å². The number of anilines is 2. The monoisotopic (exact) mass is 284 g/mol. The van der Waals surface area contributed by atoms with E-state index in [0.29, 0.717) is 0 Å². The van der Waals surface area contributed by atoms with Gasteiger partial charge in [0.1, 0.15) is 16.5 Å². The topological polar surface area (TPSA) is 72.2 Å². The number of rotatable bonds is 3. The number of nitrogens with two attached hydrogens (primary N) is 1. The maximum Gasteiger partial charge on any atom is 0.264 e. The number of halogens is 2. The predicted molar refractivity (Wildman–Crippen MR) is 68.0 cm³/mol. The summed E-state index contributed by atoms with van der Waals surface area (Å²) >= 11 is 0. The molecule has 7 heteroatoms. The van der Waals surface area contributed by atoms with Crippen molar-refractivity contribution in [2.45, 2.75) is 4.90 Å². The molecule has 19 heavy (non-hydrogen) atoms. The summed E-state index contributed by atoms with van der Waals surface area (Å²) in [6.07, 6.45) is 0. The summed E-state index contributed by atoms with van der Waals surface area (Å²) in [6.45, 7) is 0. The van der Waals surface area contributed by atoms with Gasteiger partial charge in [0.05, 0.1) is 5.69 Å². The van der Waals surface area contributed by atoms with Gasteiger partial charge in [-0.05, 0) is 30.3 Å². The molecule has 0 amide bonds. The summed E-state index contributed by atoms with van der Waals surface area (Å²) in [5.41, 5.74) is 5.30. The Morgan fingerprint density at radius 2 is 1.68 bits per heavy atom. The van der Waals surface area contributed by atoms with Crippen molar-refractivity contribution in [1.29, 1.82) is 0 Å². The zero-order valence-corrected chi connectivity index (χ0v) is 10.4. The molecule has 0 spiro atoms. The Labute approximate surface area is 108 Å². The number of hydrogen-bond donors (Lipinski definition) is 2. The second-order valence-electron chi connectivity index (χ2n) is 3.78. The first kappa shape index (κ1) is 13.3. The average molecular weight is 284 g/mol. The van der Waals surface area contributed by atoms with Crippen LogP contribution in [0.25, 0.3) is 0 Å². The highest BCUT2D eigenvalue weighted by Crippen LogP contribution is 2.22. The molecular weight excluding hydrogens is 274 g/mol. The zero-order valence-electron chi connectivity index (χ0n) is 9.60. The Morgan fingerprint density at radius 3 is 2.37 bits per heavy atom. The van der Waals surface area contributed by atoms with Crippen molar-refractivity contribution in [3.05, 3.63) is 54.1 Å². The molecule has 0 unspecified atom stereocenters. The molecule has 100 valence electrons. The molecule has 0 heterocycles. The van der Waals surface area contributed by atoms with E-state index in [1.807, 2.05) is 4.72 Å². The van der Waals surface area contributed by atoms with Crippen molar-refractivity contribution in [3.63, 3.8) is 0 Å². The summed E-state index contributed by atoms with van der Waals surface area (Å²) < 4.78 is 52.7. The quantitative estimate of drug-likeness (QED) is 0.850. The molecule has 0 aliphatic rings. The fraction of sp³-hybridized carbons (Fsp3) is 0. The van der Waals surface area contributed by atoms with Crippen LogP contribution in [-0.2, 0) is 10.0 Å². The molecule has 2 aromatic carbocycles. The Morgan fingerprint density at radius 1 is 1.00 bits per heavy atom. The highest BCUT2D eigenvalue weighted by Gasteiger charge is 2.20. The maximum atomic E-state index is 13.4. The Balaban J connectivity index is 2.43. The van der Waals surface area contributed by atoms with Gasteiger partial charge in [0.15, 0.2) is 0 Å². The first-order valence-electron chi connectivity index (χ1n) is 5.22. The molecule has 4 nitrogen and oxygen atoms in total. The van der Waals surface area contributed by atoms with Crippen LogP contribution in [0.3, 0.4) is 0 Å². The SMILES string of the molecule is Nc1ccc(F)c(NS(=O)(=O)c2ccccc2F)c1. The third kappa shape index (κ3) is 2.82. The summed E-state index contributed by atoms with van der Waals surface area (Å²) in [6, 6.07) is 8.24. The minimum absolute atomic E-state index is 0.188. The molecule has 0 fully saturated rings. The predicted octanol–water partition coefficient (Wildman–Crippen LogP) is 2.35. The van der Waals surface area contributed by atoms with E-state index < -0.39 is 26.6 Å². The molecule has 0 bridgehead atoms. The molecule has 0 aliphatic heterocycles. The Kier molecular flexibility index (Phi) is 3.39. The van der Waals surface area contributed by atoms with Crippen LogP contribution in [0.15, 0.2) is 47.4 Å². The van der Waals surface area contributed by atoms with Gasteiger partial charge in [0, 0.05) is 5.69 Å². The Bertz CT molecular complexity index is 717. The summed E-state index contributed by atoms with van der Waals surface area (Å²) in [7, 11) is -4.20. The third-order valence-electron chi connectivity index (χ3n) is 2.36. The van der Waals surface area contributed by atoms with Crippen LogP contribution in [0, 0.1) is 11.6 Å². The highest BCUT2D eigenvalue weighted by molar-refractivity contribution is 7.92. The fourth-order valence-corrected chi connectivity index (χ4v) is 2.62. The molecule has 2 rings (SSSR count). The molecule has 0 aliphatic carbocycles. The number of hydrogen-bond acceptors (Lipinski definition) is 3. The molecule has 0 saturated carbocycles. The van der Waals surface area contributed by atoms with Gasteiger partial charge in [-0.25, -0.2) is 17.2 Å². The van der Waals surface area contributed by atoms with Crippen LogP contribution in [0.5, 0.6) is 0 Å². The lowest BCUT2D eigenvalue weighted by molar-refractivity contribution is 0.569. The van der Waals surface area contributed by atoms with Gasteiger partial charge in [0.25, 0.3) is 10.0 Å². The minimum Gasteiger partial charge on any atom is -0.399 e. The van der Waals surface area contributed by atoms with E-state index in [4.69, 9.17) is 5.73 Å². The standard InChI is InChI=1S/C12H10F2N2O2S/c13-9-6-5-8(15)7-11(9)16-19(17,18)12-4-2-1-3-10(12)14/h1-7,16H,15H2. The van der Waals surface area contributed by atoms with Gasteiger partial charge in [-0.3, -0.25) is 4.72 Å². The fourth-order valence-electron chi connectivity index (χ4n) is 1.48. The first-order valence-corrected chi connectivity index (χ1v) is 6.71. The summed E-state index contributed by atoms with van der Waals surface area (Å²) in [4.78, 5) is -0.558. The van der Waals surface area contributed by atoms with E-state index in [0.717, 1.165) is 24.3 Å². The summed E-state index contributed by atoms with van der Waals surface area (Å²) in [5, 5.41) is 0. The number of benzene rings is 2. The lowest BCUT2D eigenvalue weighted by Crippen LogP contribution is -2.15. The highest BCUT2D eigenvalue weighted by atomic mass is 32.2. The largest absolute Gasteiger partial charge is 0.399 e. The second kappa shape index (κ2) is 4.85. The van der Waals surface area contributed by atoms with Gasteiger partial charge in [0.2, 0.25) is 0 Å². The van der Waals surface area contributed by atoms with Gasteiger partial charge < -0.3 is 5.73 Å². The molecule has 2 aromatic rings. The molecule has 0 aromatic heterocycles. The van der Waals surface area contributed by atoms with Crippen LogP contribution < -0.4 is 10.5 Å². The third-order valence-corrected chi connectivity index (χ3v) is 3.76. The molecule has 0 atom stereocenters. The number of nitrogens with one attached hydrogen (secondary N) is 1. The van der Waals surface area contributed by atoms with Gasteiger partial charge in [-0.15, -0.1) is 0 Å². The van der Waals surface area contributed by atoms with Crippen LogP contribution >= 0.6 is 0 Å². The van der Waals surface area contributed by atoms with Crippen molar-refractivity contribution < 1.29 is 17.2 Å². The van der Waals surface area contributed by atoms with Crippen molar-refractivity contribution in [1.82, 2.24) is 0 Å². The van der Waals surface area contributed by atoms with Crippen LogP contribution in [0.1, 0.15) is 0 Å². The summed E-state index contributed by atoms with van der Waals surface area (Å²) in [5.74, 6) is -1.71. The van der Waals surface area contributed by atoms with E-state index in [1.165, 1.54) is 18.2 Å². The van der Waals surface area contributed by atoms with E-state index in [2.05, 4.69) is 0 Å². The zero-order chi connectivity index (χ0) is 14.0. The van der Waals surface area contributed by atoms with E-state index >= 15 is 0 Å². The maximum absolute atomic E-state index is 13.4. The molecular formula is C12H10F2N2O2S. The smallest absolute Gasteiger partial charge is 0.264 e. The van der Waals surface area contributed by atoms with Gasteiger partial charge >= 0.3 is 0 Å². The minimum atomic E-state index is -4.20. The Hall–Kier alpha value is -2.15. The van der Waals surface area contributed by atoms with Gasteiger partial charge in [-0.1, -0.05) is 12.1 Å². The number of sulfonamides is 1.